The first-order valence-electron chi connectivity index (χ1n) is 18.2. The van der Waals surface area contributed by atoms with Gasteiger partial charge in [-0.2, -0.15) is 0 Å². The summed E-state index contributed by atoms with van der Waals surface area (Å²) in [5.41, 5.74) is 3.88. The number of benzene rings is 3. The molecule has 0 radical (unpaired) electrons. The second kappa shape index (κ2) is 18.2. The minimum absolute atomic E-state index is 0.00373. The number of carbonyl (C=O) groups is 1. The van der Waals surface area contributed by atoms with Gasteiger partial charge in [0.1, 0.15) is 6.61 Å². The lowest BCUT2D eigenvalue weighted by atomic mass is 9.77. The van der Waals surface area contributed by atoms with Gasteiger partial charge in [-0.05, 0) is 79.2 Å². The molecule has 7 heteroatoms. The van der Waals surface area contributed by atoms with E-state index in [0.29, 0.717) is 23.5 Å². The molecule has 0 unspecified atom stereocenters. The number of hydrogen-bond donors (Lipinski definition) is 2. The van der Waals surface area contributed by atoms with E-state index >= 15 is 8.78 Å². The Hall–Kier alpha value is -3.13. The number of aliphatic hydroxyl groups excluding tert-OH is 2. The highest BCUT2D eigenvalue weighted by molar-refractivity contribution is 6.90. The van der Waals surface area contributed by atoms with Gasteiger partial charge in [0.05, 0.1) is 8.07 Å². The molecule has 4 rings (SSSR count). The van der Waals surface area contributed by atoms with E-state index in [9.17, 15) is 15.0 Å². The fourth-order valence-corrected chi connectivity index (χ4v) is 10.3. The number of halogens is 2. The van der Waals surface area contributed by atoms with E-state index in [1.807, 2.05) is 30.3 Å². The van der Waals surface area contributed by atoms with E-state index in [2.05, 4.69) is 38.7 Å². The van der Waals surface area contributed by atoms with Gasteiger partial charge in [0.25, 0.3) is 0 Å². The van der Waals surface area contributed by atoms with Crippen molar-refractivity contribution < 1.29 is 28.5 Å². The van der Waals surface area contributed by atoms with Crippen LogP contribution in [-0.2, 0) is 16.1 Å². The molecule has 3 aromatic carbocycles. The Bertz CT molecular complexity index is 1540. The molecule has 1 saturated carbocycles. The maximum atomic E-state index is 15.8. The third-order valence-electron chi connectivity index (χ3n) is 10.6. The quantitative estimate of drug-likeness (QED) is 0.0641. The van der Waals surface area contributed by atoms with Crippen molar-refractivity contribution in [1.82, 2.24) is 0 Å². The zero-order valence-corrected chi connectivity index (χ0v) is 31.0. The van der Waals surface area contributed by atoms with Crippen molar-refractivity contribution in [1.29, 1.82) is 0 Å². The SMILES string of the molecule is C=C(C)C(=O)OCc1cc(-c2ccc(-c3ccc(C4CCC(CCCCC)CC4)cc3)c(F)c2F)ccc1[Si](C)(C)CCCC(CO)CO. The van der Waals surface area contributed by atoms with Crippen LogP contribution in [0.15, 0.2) is 66.7 Å². The third-order valence-corrected chi connectivity index (χ3v) is 14.2. The number of hydrogen-bond acceptors (Lipinski definition) is 4. The van der Waals surface area contributed by atoms with Crippen LogP contribution in [0.2, 0.25) is 19.1 Å². The number of esters is 1. The summed E-state index contributed by atoms with van der Waals surface area (Å²) in [4.78, 5) is 12.3. The summed E-state index contributed by atoms with van der Waals surface area (Å²) in [6.07, 6.45) is 11.7. The smallest absolute Gasteiger partial charge is 0.333 e. The van der Waals surface area contributed by atoms with Crippen LogP contribution in [0.5, 0.6) is 0 Å². The number of rotatable bonds is 17. The number of carbonyl (C=O) groups excluding carboxylic acids is 1. The molecule has 1 fully saturated rings. The second-order valence-corrected chi connectivity index (χ2v) is 19.7. The van der Waals surface area contributed by atoms with Crippen molar-refractivity contribution in [3.05, 3.63) is 89.5 Å². The van der Waals surface area contributed by atoms with Crippen LogP contribution < -0.4 is 5.19 Å². The summed E-state index contributed by atoms with van der Waals surface area (Å²) >= 11 is 0. The maximum absolute atomic E-state index is 15.8. The van der Waals surface area contributed by atoms with Crippen LogP contribution in [0.3, 0.4) is 0 Å². The Morgan fingerprint density at radius 2 is 1.51 bits per heavy atom. The maximum Gasteiger partial charge on any atom is 0.333 e. The standard InChI is InChI=1S/C42H56F2O4Si/c1-6-7-8-10-30-12-14-32(15-13-30)33-16-18-34(19-17-33)37-21-22-38(41(44)40(37)43)35-20-23-39(36(25-35)28-48-42(47)29(2)3)49(4,5)24-9-11-31(26-45)27-46/h16-23,25,30-32,45-46H,2,6-15,24,26-28H2,1,3-5H3. The Morgan fingerprint density at radius 1 is 0.898 bits per heavy atom. The molecule has 266 valence electrons. The minimum atomic E-state index is -2.09. The first-order valence-corrected chi connectivity index (χ1v) is 21.5. The molecule has 0 amide bonds. The Balaban J connectivity index is 1.54. The Kier molecular flexibility index (Phi) is 14.4. The van der Waals surface area contributed by atoms with Crippen LogP contribution in [-0.4, -0.2) is 37.5 Å². The van der Waals surface area contributed by atoms with Gasteiger partial charge >= 0.3 is 5.97 Å². The second-order valence-electron chi connectivity index (χ2n) is 14.9. The van der Waals surface area contributed by atoms with Gasteiger partial charge in [-0.25, -0.2) is 13.6 Å². The fourth-order valence-electron chi connectivity index (χ4n) is 7.41. The van der Waals surface area contributed by atoms with Crippen LogP contribution in [0, 0.1) is 23.5 Å². The van der Waals surface area contributed by atoms with Gasteiger partial charge < -0.3 is 14.9 Å². The van der Waals surface area contributed by atoms with Crippen molar-refractivity contribution in [3.63, 3.8) is 0 Å². The van der Waals surface area contributed by atoms with Gasteiger partial charge in [0, 0.05) is 35.8 Å². The van der Waals surface area contributed by atoms with Crippen molar-refractivity contribution in [3.8, 4) is 22.3 Å². The lowest BCUT2D eigenvalue weighted by Gasteiger charge is -2.29. The molecule has 3 aromatic rings. The average Bonchev–Trinajstić information content (AvgIpc) is 3.10. The average molecular weight is 691 g/mol. The Labute approximate surface area is 293 Å². The largest absolute Gasteiger partial charge is 0.457 e. The van der Waals surface area contributed by atoms with Gasteiger partial charge in [0.2, 0.25) is 0 Å². The van der Waals surface area contributed by atoms with Gasteiger partial charge in [-0.15, -0.1) is 0 Å². The molecule has 0 bridgehead atoms. The molecule has 2 N–H and O–H groups in total. The number of ether oxygens (including phenoxy) is 1. The van der Waals surface area contributed by atoms with Crippen LogP contribution in [0.1, 0.15) is 95.1 Å². The topological polar surface area (TPSA) is 66.8 Å². The first kappa shape index (κ1) is 38.7. The number of aliphatic hydroxyl groups is 2. The minimum Gasteiger partial charge on any atom is -0.457 e. The summed E-state index contributed by atoms with van der Waals surface area (Å²) in [6.45, 7) is 11.8. The molecular formula is C42H56F2O4Si. The molecule has 1 aliphatic carbocycles. The summed E-state index contributed by atoms with van der Waals surface area (Å²) in [5.74, 6) is -1.07. The third kappa shape index (κ3) is 10.2. The number of unbranched alkanes of at least 4 members (excludes halogenated alkanes) is 2. The molecule has 0 aromatic heterocycles. The molecule has 0 atom stereocenters. The Morgan fingerprint density at radius 3 is 2.10 bits per heavy atom. The summed E-state index contributed by atoms with van der Waals surface area (Å²) in [6, 6.07) is 17.8. The van der Waals surface area contributed by atoms with Gasteiger partial charge in [-0.3, -0.25) is 0 Å². The highest BCUT2D eigenvalue weighted by Crippen LogP contribution is 2.39. The molecular weight excluding hydrogens is 635 g/mol. The molecule has 0 spiro atoms. The van der Waals surface area contributed by atoms with E-state index in [-0.39, 0.29) is 42.4 Å². The van der Waals surface area contributed by atoms with E-state index in [1.165, 1.54) is 56.9 Å². The molecule has 0 heterocycles. The lowest BCUT2D eigenvalue weighted by Crippen LogP contribution is -2.43. The molecule has 4 nitrogen and oxygen atoms in total. The fraction of sp³-hybridized carbons (Fsp3) is 0.500. The lowest BCUT2D eigenvalue weighted by molar-refractivity contribution is -0.140. The molecule has 0 aliphatic heterocycles. The monoisotopic (exact) mass is 690 g/mol. The van der Waals surface area contributed by atoms with Crippen molar-refractivity contribution in [2.45, 2.75) is 110 Å². The molecule has 49 heavy (non-hydrogen) atoms. The predicted molar refractivity (Wildman–Crippen MR) is 199 cm³/mol. The van der Waals surface area contributed by atoms with E-state index in [1.54, 1.807) is 19.1 Å². The van der Waals surface area contributed by atoms with E-state index in [4.69, 9.17) is 4.74 Å². The highest BCUT2D eigenvalue weighted by Gasteiger charge is 2.28. The summed E-state index contributed by atoms with van der Waals surface area (Å²) in [7, 11) is -2.09. The first-order chi connectivity index (χ1) is 23.5. The van der Waals surface area contributed by atoms with Crippen LogP contribution in [0.25, 0.3) is 22.3 Å². The molecule has 0 saturated heterocycles. The summed E-state index contributed by atoms with van der Waals surface area (Å²) in [5, 5.41) is 20.0. The molecule has 1 aliphatic rings. The van der Waals surface area contributed by atoms with E-state index < -0.39 is 25.7 Å². The zero-order valence-electron chi connectivity index (χ0n) is 30.0. The highest BCUT2D eigenvalue weighted by atomic mass is 28.3. The summed E-state index contributed by atoms with van der Waals surface area (Å²) < 4.78 is 37.1. The van der Waals surface area contributed by atoms with Crippen LogP contribution >= 0.6 is 0 Å². The van der Waals surface area contributed by atoms with Gasteiger partial charge in [0.15, 0.2) is 11.6 Å². The zero-order chi connectivity index (χ0) is 35.6. The van der Waals surface area contributed by atoms with E-state index in [0.717, 1.165) is 29.1 Å². The normalized spacial score (nSPS) is 16.6. The van der Waals surface area contributed by atoms with Crippen molar-refractivity contribution in [2.24, 2.45) is 11.8 Å². The van der Waals surface area contributed by atoms with Gasteiger partial charge in [-0.1, -0.05) is 118 Å². The van der Waals surface area contributed by atoms with Crippen molar-refractivity contribution >= 4 is 19.2 Å². The van der Waals surface area contributed by atoms with Crippen LogP contribution in [0.4, 0.5) is 8.78 Å². The van der Waals surface area contributed by atoms with Crippen molar-refractivity contribution in [2.75, 3.05) is 13.2 Å². The predicted octanol–water partition coefficient (Wildman–Crippen LogP) is 10.1.